The number of nitrogens with two attached hydrogens (primary N) is 1. The van der Waals surface area contributed by atoms with Gasteiger partial charge in [0.25, 0.3) is 0 Å². The van der Waals surface area contributed by atoms with E-state index in [0.29, 0.717) is 24.4 Å². The van der Waals surface area contributed by atoms with Crippen molar-refractivity contribution in [3.05, 3.63) is 29.8 Å². The summed E-state index contributed by atoms with van der Waals surface area (Å²) in [4.78, 5) is 0. The first kappa shape index (κ1) is 15.5. The topological polar surface area (TPSA) is 96.0 Å². The van der Waals surface area contributed by atoms with Crippen molar-refractivity contribution in [2.45, 2.75) is 26.7 Å². The van der Waals surface area contributed by atoms with Gasteiger partial charge in [0.2, 0.25) is 10.0 Å². The second-order valence-corrected chi connectivity index (χ2v) is 6.84. The van der Waals surface area contributed by atoms with Gasteiger partial charge in [0.1, 0.15) is 0 Å². The van der Waals surface area contributed by atoms with Crippen LogP contribution in [0.5, 0.6) is 0 Å². The van der Waals surface area contributed by atoms with Gasteiger partial charge in [0.05, 0.1) is 11.6 Å². The van der Waals surface area contributed by atoms with Gasteiger partial charge < -0.3 is 5.73 Å². The molecule has 0 radical (unpaired) electrons. The van der Waals surface area contributed by atoms with Crippen LogP contribution >= 0.6 is 0 Å². The van der Waals surface area contributed by atoms with Crippen molar-refractivity contribution >= 4 is 21.5 Å². The van der Waals surface area contributed by atoms with Crippen LogP contribution in [-0.2, 0) is 16.4 Å². The number of hydrogen-bond acceptors (Lipinski definition) is 3. The molecule has 0 spiro atoms. The van der Waals surface area contributed by atoms with Gasteiger partial charge in [0.15, 0.2) is 0 Å². The third-order valence-corrected chi connectivity index (χ3v) is 3.91. The molecule has 19 heavy (non-hydrogen) atoms. The quantitative estimate of drug-likeness (QED) is 0.527. The highest BCUT2D eigenvalue weighted by atomic mass is 32.2. The minimum atomic E-state index is -3.28. The second-order valence-electron chi connectivity index (χ2n) is 5.00. The summed E-state index contributed by atoms with van der Waals surface area (Å²) in [7, 11) is -3.28. The van der Waals surface area contributed by atoms with Crippen LogP contribution < -0.4 is 10.5 Å². The monoisotopic (exact) mass is 283 g/mol. The predicted octanol–water partition coefficient (Wildman–Crippen LogP) is 1.95. The van der Waals surface area contributed by atoms with Gasteiger partial charge in [-0.05, 0) is 30.0 Å². The van der Waals surface area contributed by atoms with Crippen LogP contribution in [0.1, 0.15) is 25.8 Å². The molecule has 0 saturated carbocycles. The molecule has 0 atom stereocenters. The van der Waals surface area contributed by atoms with Gasteiger partial charge in [-0.1, -0.05) is 26.0 Å². The zero-order valence-electron chi connectivity index (χ0n) is 11.3. The molecule has 4 N–H and O–H groups in total. The molecule has 0 unspecified atom stereocenters. The van der Waals surface area contributed by atoms with E-state index in [0.717, 1.165) is 5.56 Å². The normalized spacial score (nSPS) is 11.5. The molecule has 0 saturated heterocycles. The first-order valence-electron chi connectivity index (χ1n) is 6.21. The van der Waals surface area contributed by atoms with Crippen LogP contribution in [-0.4, -0.2) is 20.0 Å². The summed E-state index contributed by atoms with van der Waals surface area (Å²) in [6.45, 7) is 3.98. The van der Waals surface area contributed by atoms with Crippen LogP contribution in [0.3, 0.4) is 0 Å². The standard InChI is InChI=1S/C13H21N3O2S/c1-10(2)7-8-19(17,18)16-12-5-3-11(4-6-12)9-13(14)15/h3-6,10,16H,7-9H2,1-2H3,(H3,14,15). The minimum Gasteiger partial charge on any atom is -0.387 e. The Kier molecular flexibility index (Phi) is 5.35. The van der Waals surface area contributed by atoms with E-state index in [-0.39, 0.29) is 11.6 Å². The molecule has 5 nitrogen and oxygen atoms in total. The summed E-state index contributed by atoms with van der Waals surface area (Å²) in [6, 6.07) is 6.90. The van der Waals surface area contributed by atoms with E-state index in [1.807, 2.05) is 13.8 Å². The molecule has 106 valence electrons. The molecule has 0 fully saturated rings. The van der Waals surface area contributed by atoms with Gasteiger partial charge in [-0.3, -0.25) is 10.1 Å². The Hall–Kier alpha value is -1.56. The smallest absolute Gasteiger partial charge is 0.232 e. The molecule has 1 rings (SSSR count). The van der Waals surface area contributed by atoms with E-state index in [9.17, 15) is 8.42 Å². The summed E-state index contributed by atoms with van der Waals surface area (Å²) in [5, 5.41) is 7.19. The van der Waals surface area contributed by atoms with Crippen LogP contribution in [0.15, 0.2) is 24.3 Å². The molecule has 0 aliphatic carbocycles. The minimum absolute atomic E-state index is 0.0882. The summed E-state index contributed by atoms with van der Waals surface area (Å²) in [6.07, 6.45) is 1.01. The van der Waals surface area contributed by atoms with Crippen molar-refractivity contribution in [3.8, 4) is 0 Å². The summed E-state index contributed by atoms with van der Waals surface area (Å²) in [5.74, 6) is 0.569. The lowest BCUT2D eigenvalue weighted by Crippen LogP contribution is -2.18. The number of nitrogens with one attached hydrogen (secondary N) is 2. The fourth-order valence-corrected chi connectivity index (χ4v) is 2.91. The molecule has 0 bridgehead atoms. The van der Waals surface area contributed by atoms with Gasteiger partial charge in [-0.15, -0.1) is 0 Å². The molecular formula is C13H21N3O2S. The average Bonchev–Trinajstić information content (AvgIpc) is 2.28. The largest absolute Gasteiger partial charge is 0.387 e. The second kappa shape index (κ2) is 6.56. The van der Waals surface area contributed by atoms with Crippen molar-refractivity contribution in [1.82, 2.24) is 0 Å². The van der Waals surface area contributed by atoms with E-state index in [4.69, 9.17) is 11.1 Å². The summed E-state index contributed by atoms with van der Waals surface area (Å²) >= 11 is 0. The lowest BCUT2D eigenvalue weighted by molar-refractivity contribution is 0.578. The van der Waals surface area contributed by atoms with Crippen LogP contribution in [0.25, 0.3) is 0 Å². The Balaban J connectivity index is 2.64. The number of amidine groups is 1. The van der Waals surface area contributed by atoms with Crippen LogP contribution in [0.4, 0.5) is 5.69 Å². The van der Waals surface area contributed by atoms with Crippen LogP contribution in [0, 0.1) is 11.3 Å². The molecule has 0 aliphatic rings. The number of rotatable bonds is 7. The predicted molar refractivity (Wildman–Crippen MR) is 78.9 cm³/mol. The highest BCUT2D eigenvalue weighted by Gasteiger charge is 2.11. The number of benzene rings is 1. The lowest BCUT2D eigenvalue weighted by atomic mass is 10.1. The first-order valence-corrected chi connectivity index (χ1v) is 7.86. The Bertz CT molecular complexity index is 521. The third-order valence-electron chi connectivity index (χ3n) is 2.59. The van der Waals surface area contributed by atoms with Crippen LogP contribution in [0.2, 0.25) is 0 Å². The van der Waals surface area contributed by atoms with Gasteiger partial charge >= 0.3 is 0 Å². The van der Waals surface area contributed by atoms with Crippen molar-refractivity contribution in [2.75, 3.05) is 10.5 Å². The molecule has 1 aromatic carbocycles. The fraction of sp³-hybridized carbons (Fsp3) is 0.462. The average molecular weight is 283 g/mol. The SMILES string of the molecule is CC(C)CCS(=O)(=O)Nc1ccc(CC(=N)N)cc1. The Morgan fingerprint density at radius 1 is 1.32 bits per heavy atom. The molecule has 0 aromatic heterocycles. The van der Waals surface area contributed by atoms with E-state index >= 15 is 0 Å². The lowest BCUT2D eigenvalue weighted by Gasteiger charge is -2.10. The Labute approximate surface area is 114 Å². The fourth-order valence-electron chi connectivity index (χ4n) is 1.53. The zero-order chi connectivity index (χ0) is 14.5. The van der Waals surface area contributed by atoms with Crippen molar-refractivity contribution in [3.63, 3.8) is 0 Å². The van der Waals surface area contributed by atoms with Gasteiger partial charge in [0, 0.05) is 12.1 Å². The number of hydrogen-bond donors (Lipinski definition) is 3. The molecular weight excluding hydrogens is 262 g/mol. The highest BCUT2D eigenvalue weighted by Crippen LogP contribution is 2.13. The highest BCUT2D eigenvalue weighted by molar-refractivity contribution is 7.92. The van der Waals surface area contributed by atoms with E-state index in [1.165, 1.54) is 0 Å². The maximum atomic E-state index is 11.8. The zero-order valence-corrected chi connectivity index (χ0v) is 12.1. The van der Waals surface area contributed by atoms with Crippen molar-refractivity contribution < 1.29 is 8.42 Å². The molecule has 6 heteroatoms. The van der Waals surface area contributed by atoms with Gasteiger partial charge in [-0.2, -0.15) is 0 Å². The number of sulfonamides is 1. The van der Waals surface area contributed by atoms with E-state index < -0.39 is 10.0 Å². The maximum absolute atomic E-state index is 11.8. The first-order chi connectivity index (χ1) is 8.78. The van der Waals surface area contributed by atoms with Crippen molar-refractivity contribution in [1.29, 1.82) is 5.41 Å². The van der Waals surface area contributed by atoms with Gasteiger partial charge in [-0.25, -0.2) is 8.42 Å². The van der Waals surface area contributed by atoms with E-state index in [1.54, 1.807) is 24.3 Å². The summed E-state index contributed by atoms with van der Waals surface area (Å²) < 4.78 is 26.1. The Morgan fingerprint density at radius 3 is 2.37 bits per heavy atom. The molecule has 0 aliphatic heterocycles. The van der Waals surface area contributed by atoms with E-state index in [2.05, 4.69) is 4.72 Å². The third kappa shape index (κ3) is 6.24. The maximum Gasteiger partial charge on any atom is 0.232 e. The molecule has 1 aromatic rings. The Morgan fingerprint density at radius 2 is 1.89 bits per heavy atom. The number of anilines is 1. The molecule has 0 amide bonds. The molecule has 0 heterocycles. The summed E-state index contributed by atoms with van der Waals surface area (Å²) in [5.41, 5.74) is 6.73. The van der Waals surface area contributed by atoms with Crippen molar-refractivity contribution in [2.24, 2.45) is 11.7 Å².